The number of ether oxygens (including phenoxy) is 6. The van der Waals surface area contributed by atoms with Crippen LogP contribution >= 0.6 is 0 Å². The lowest BCUT2D eigenvalue weighted by molar-refractivity contribution is 0.000157. The molecule has 1 aliphatic rings. The van der Waals surface area contributed by atoms with Crippen LogP contribution in [0.5, 0.6) is 0 Å². The van der Waals surface area contributed by atoms with E-state index in [2.05, 4.69) is 10.3 Å². The molecule has 0 amide bonds. The molecular weight excluding hydrogens is 372 g/mol. The molecule has 0 N–H and O–H groups in total. The molecule has 156 valence electrons. The number of nitrogens with zero attached hydrogens (tertiary/aromatic N) is 2. The molecule has 0 unspecified atom stereocenters. The van der Waals surface area contributed by atoms with Crippen molar-refractivity contribution in [2.75, 3.05) is 52.9 Å². The van der Waals surface area contributed by atoms with Crippen molar-refractivity contribution in [3.05, 3.63) is 35.0 Å². The average molecular weight is 398 g/mol. The highest BCUT2D eigenvalue weighted by Gasteiger charge is 2.06. The Morgan fingerprint density at radius 3 is 1.25 bits per heavy atom. The largest absolute Gasteiger partial charge is 0.377 e. The van der Waals surface area contributed by atoms with Crippen LogP contribution in [0, 0.1) is 0 Å². The zero-order valence-corrected chi connectivity index (χ0v) is 15.8. The predicted molar refractivity (Wildman–Crippen MR) is 93.3 cm³/mol. The Morgan fingerprint density at radius 2 is 0.821 bits per heavy atom. The summed E-state index contributed by atoms with van der Waals surface area (Å²) in [6, 6.07) is 3.63. The van der Waals surface area contributed by atoms with Crippen molar-refractivity contribution < 1.29 is 37.5 Å². The smallest absolute Gasteiger partial charge is 0.162 e. The number of rotatable bonds is 0. The van der Waals surface area contributed by atoms with Gasteiger partial charge in [0.25, 0.3) is 0 Å². The van der Waals surface area contributed by atoms with Gasteiger partial charge in [-0.05, 0) is 0 Å². The van der Waals surface area contributed by atoms with Crippen LogP contribution in [0.2, 0.25) is 0 Å². The number of fused-ring (bicyclic) bond motifs is 4. The maximum absolute atomic E-state index is 5.50. The van der Waals surface area contributed by atoms with Gasteiger partial charge in [0.15, 0.2) is 11.5 Å². The monoisotopic (exact) mass is 398 g/mol. The molecule has 0 fully saturated rings. The Hall–Kier alpha value is -1.82. The van der Waals surface area contributed by atoms with Crippen molar-refractivity contribution in [2.24, 2.45) is 0 Å². The summed E-state index contributed by atoms with van der Waals surface area (Å²) in [5, 5.41) is 7.88. The van der Waals surface area contributed by atoms with Crippen LogP contribution < -0.4 is 0 Å². The summed E-state index contributed by atoms with van der Waals surface area (Å²) < 4.78 is 43.3. The van der Waals surface area contributed by atoms with Crippen molar-refractivity contribution in [1.29, 1.82) is 0 Å². The van der Waals surface area contributed by atoms with Gasteiger partial charge >= 0.3 is 0 Å². The summed E-state index contributed by atoms with van der Waals surface area (Å²) in [5.41, 5.74) is 1.44. The van der Waals surface area contributed by atoms with Crippen LogP contribution in [0.4, 0.5) is 0 Å². The number of hydrogen-bond acceptors (Lipinski definition) is 10. The third-order valence-corrected chi connectivity index (χ3v) is 3.69. The summed E-state index contributed by atoms with van der Waals surface area (Å²) in [7, 11) is 0. The van der Waals surface area contributed by atoms with E-state index in [-0.39, 0.29) is 0 Å². The third-order valence-electron chi connectivity index (χ3n) is 3.69. The Morgan fingerprint density at radius 1 is 0.464 bits per heavy atom. The maximum Gasteiger partial charge on any atom is 0.162 e. The zero-order valence-electron chi connectivity index (χ0n) is 15.8. The fourth-order valence-corrected chi connectivity index (χ4v) is 2.36. The predicted octanol–water partition coefficient (Wildman–Crippen LogP) is 1.48. The molecule has 10 nitrogen and oxygen atoms in total. The van der Waals surface area contributed by atoms with E-state index in [4.69, 9.17) is 37.5 Å². The molecule has 10 heteroatoms. The van der Waals surface area contributed by atoms with Crippen LogP contribution in [-0.4, -0.2) is 63.2 Å². The molecule has 2 aromatic heterocycles. The minimum absolute atomic E-state index is 0.337. The minimum Gasteiger partial charge on any atom is -0.377 e. The van der Waals surface area contributed by atoms with Gasteiger partial charge in [-0.3, -0.25) is 0 Å². The Balaban J connectivity index is 1.40. The van der Waals surface area contributed by atoms with E-state index in [1.165, 1.54) is 0 Å². The lowest BCUT2D eigenvalue weighted by Crippen LogP contribution is -2.09. The molecule has 0 atom stereocenters. The second-order valence-corrected chi connectivity index (χ2v) is 6.00. The summed E-state index contributed by atoms with van der Waals surface area (Å²) in [5.74, 6) is 1.30. The van der Waals surface area contributed by atoms with E-state index in [0.717, 1.165) is 11.4 Å². The normalized spacial score (nSPS) is 19.7. The third kappa shape index (κ3) is 8.05. The van der Waals surface area contributed by atoms with Gasteiger partial charge in [-0.1, -0.05) is 10.3 Å². The number of hydrogen-bond donors (Lipinski definition) is 0. The summed E-state index contributed by atoms with van der Waals surface area (Å²) in [6.07, 6.45) is 0. The van der Waals surface area contributed by atoms with Gasteiger partial charge in [-0.25, -0.2) is 0 Å². The van der Waals surface area contributed by atoms with Gasteiger partial charge in [0.2, 0.25) is 0 Å². The highest BCUT2D eigenvalue weighted by molar-refractivity contribution is 5.03. The van der Waals surface area contributed by atoms with Gasteiger partial charge in [0.05, 0.1) is 66.1 Å². The molecule has 4 bridgehead atoms. The van der Waals surface area contributed by atoms with Crippen molar-refractivity contribution in [1.82, 2.24) is 10.3 Å². The summed E-state index contributed by atoms with van der Waals surface area (Å²) in [6.45, 7) is 5.12. The van der Waals surface area contributed by atoms with Gasteiger partial charge < -0.3 is 37.5 Å². The highest BCUT2D eigenvalue weighted by atomic mass is 16.6. The fourth-order valence-electron chi connectivity index (χ4n) is 2.36. The first kappa shape index (κ1) is 20.9. The van der Waals surface area contributed by atoms with E-state index in [0.29, 0.717) is 90.8 Å². The van der Waals surface area contributed by atoms with Crippen molar-refractivity contribution >= 4 is 0 Å². The first-order valence-electron chi connectivity index (χ1n) is 9.25. The quantitative estimate of drug-likeness (QED) is 0.647. The van der Waals surface area contributed by atoms with Crippen LogP contribution in [0.1, 0.15) is 22.9 Å². The summed E-state index contributed by atoms with van der Waals surface area (Å²) in [4.78, 5) is 0. The van der Waals surface area contributed by atoms with Gasteiger partial charge in [-0.2, -0.15) is 0 Å². The minimum atomic E-state index is 0.337. The highest BCUT2D eigenvalue weighted by Crippen LogP contribution is 2.08. The van der Waals surface area contributed by atoms with E-state index < -0.39 is 0 Å². The van der Waals surface area contributed by atoms with E-state index in [9.17, 15) is 0 Å². The van der Waals surface area contributed by atoms with Gasteiger partial charge in [-0.15, -0.1) is 0 Å². The summed E-state index contributed by atoms with van der Waals surface area (Å²) >= 11 is 0. The molecule has 3 rings (SSSR count). The standard InChI is InChI=1S/C18H26N2O8/c1-5-23-11-15-9-17(27-19-15)13-25-7-3-22-4-8-26-14-18-10-16(20-28-18)12-24-6-2-21-1/h9-10H,1-8,11-14H2. The SMILES string of the molecule is c1c2noc1COCCOCCOCc1cc(no1)COCCOCCOC2. The van der Waals surface area contributed by atoms with E-state index in [1.54, 1.807) is 0 Å². The molecule has 2 aromatic rings. The molecule has 0 saturated heterocycles. The Kier molecular flexibility index (Phi) is 9.41. The first-order chi connectivity index (χ1) is 13.9. The molecule has 0 radical (unpaired) electrons. The molecule has 3 heterocycles. The van der Waals surface area contributed by atoms with Crippen LogP contribution in [0.3, 0.4) is 0 Å². The molecule has 28 heavy (non-hydrogen) atoms. The van der Waals surface area contributed by atoms with Crippen LogP contribution in [0.15, 0.2) is 21.2 Å². The van der Waals surface area contributed by atoms with Crippen molar-refractivity contribution in [3.63, 3.8) is 0 Å². The molecule has 0 aromatic carbocycles. The average Bonchev–Trinajstić information content (AvgIpc) is 3.34. The van der Waals surface area contributed by atoms with Crippen LogP contribution in [-0.2, 0) is 54.8 Å². The molecule has 0 spiro atoms. The van der Waals surface area contributed by atoms with Crippen molar-refractivity contribution in [2.45, 2.75) is 26.4 Å². The van der Waals surface area contributed by atoms with Gasteiger partial charge in [0, 0.05) is 12.1 Å². The maximum atomic E-state index is 5.50. The topological polar surface area (TPSA) is 107 Å². The molecular formula is C18H26N2O8. The van der Waals surface area contributed by atoms with Gasteiger partial charge in [0.1, 0.15) is 24.6 Å². The number of aromatic nitrogens is 2. The lowest BCUT2D eigenvalue weighted by atomic mass is 10.4. The van der Waals surface area contributed by atoms with Crippen molar-refractivity contribution in [3.8, 4) is 0 Å². The van der Waals surface area contributed by atoms with E-state index in [1.807, 2.05) is 12.1 Å². The lowest BCUT2D eigenvalue weighted by Gasteiger charge is -2.05. The second-order valence-electron chi connectivity index (χ2n) is 6.00. The zero-order chi connectivity index (χ0) is 19.3. The van der Waals surface area contributed by atoms with Crippen LogP contribution in [0.25, 0.3) is 0 Å². The first-order valence-corrected chi connectivity index (χ1v) is 9.25. The Labute approximate surface area is 162 Å². The molecule has 1 aliphatic heterocycles. The molecule has 0 saturated carbocycles. The molecule has 0 aliphatic carbocycles. The second kappa shape index (κ2) is 12.6. The van der Waals surface area contributed by atoms with E-state index >= 15 is 0 Å². The fraction of sp³-hybridized carbons (Fsp3) is 0.667. The Bertz CT molecular complexity index is 554.